The molecule has 0 amide bonds. The van der Waals surface area contributed by atoms with Crippen LogP contribution in [0.2, 0.25) is 0 Å². The predicted molar refractivity (Wildman–Crippen MR) is 59.5 cm³/mol. The lowest BCUT2D eigenvalue weighted by atomic mass is 10.2. The van der Waals surface area contributed by atoms with Crippen LogP contribution < -0.4 is 0 Å². The van der Waals surface area contributed by atoms with Crippen molar-refractivity contribution in [2.75, 3.05) is 0 Å². The summed E-state index contributed by atoms with van der Waals surface area (Å²) in [6.45, 7) is 2.06. The summed E-state index contributed by atoms with van der Waals surface area (Å²) in [7, 11) is 0. The monoisotopic (exact) mass is 323 g/mol. The van der Waals surface area contributed by atoms with E-state index in [9.17, 15) is 0 Å². The van der Waals surface area contributed by atoms with Crippen LogP contribution in [0.4, 0.5) is 0 Å². The zero-order chi connectivity index (χ0) is 8.43. The largest absolute Gasteiger partial charge is 0.308 e. The maximum Gasteiger partial charge on any atom is 0.0399 e. The van der Waals surface area contributed by atoms with E-state index < -0.39 is 0 Å². The van der Waals surface area contributed by atoms with Crippen molar-refractivity contribution in [2.45, 2.75) is 6.92 Å². The van der Waals surface area contributed by atoms with E-state index >= 15 is 0 Å². The van der Waals surface area contributed by atoms with Crippen LogP contribution in [0.3, 0.4) is 0 Å². The molecule has 0 radical (unpaired) electrons. The summed E-state index contributed by atoms with van der Waals surface area (Å²) in [4.78, 5) is 0. The van der Waals surface area contributed by atoms with Gasteiger partial charge in [0, 0.05) is 19.8 Å². The Balaban J connectivity index is 3.36. The third kappa shape index (κ3) is 1.82. The summed E-state index contributed by atoms with van der Waals surface area (Å²) in [5, 5.41) is 7.09. The van der Waals surface area contributed by atoms with Gasteiger partial charge in [-0.2, -0.15) is 0 Å². The van der Waals surface area contributed by atoms with Gasteiger partial charge >= 0.3 is 0 Å². The van der Waals surface area contributed by atoms with Gasteiger partial charge in [0.1, 0.15) is 0 Å². The molecule has 1 nitrogen and oxygen atoms in total. The Morgan fingerprint density at radius 3 is 2.73 bits per heavy atom. The SMILES string of the molecule is Cc1ccc(C=N)c(Br)c1I. The minimum atomic E-state index is 0.931. The Bertz CT molecular complexity index is 296. The molecular weight excluding hydrogens is 317 g/mol. The first kappa shape index (κ1) is 9.19. The lowest BCUT2D eigenvalue weighted by Crippen LogP contribution is -1.88. The molecule has 1 aromatic rings. The molecule has 0 atom stereocenters. The molecule has 0 bridgehead atoms. The van der Waals surface area contributed by atoms with Crippen LogP contribution in [0.15, 0.2) is 16.6 Å². The number of aryl methyl sites for hydroxylation is 1. The molecule has 0 aliphatic rings. The predicted octanol–water partition coefficient (Wildman–Crippen LogP) is 3.36. The summed E-state index contributed by atoms with van der Waals surface area (Å²) >= 11 is 5.70. The van der Waals surface area contributed by atoms with Gasteiger partial charge in [0.2, 0.25) is 0 Å². The van der Waals surface area contributed by atoms with Crippen molar-refractivity contribution in [3.63, 3.8) is 0 Å². The van der Waals surface area contributed by atoms with Crippen molar-refractivity contribution < 1.29 is 0 Å². The highest BCUT2D eigenvalue weighted by Crippen LogP contribution is 2.25. The van der Waals surface area contributed by atoms with Gasteiger partial charge in [-0.15, -0.1) is 0 Å². The van der Waals surface area contributed by atoms with Gasteiger partial charge in [-0.05, 0) is 51.0 Å². The van der Waals surface area contributed by atoms with E-state index in [0.717, 1.165) is 10.0 Å². The molecule has 0 aromatic heterocycles. The summed E-state index contributed by atoms with van der Waals surface area (Å²) in [5.74, 6) is 0. The Kier molecular flexibility index (Phi) is 3.06. The fourth-order valence-corrected chi connectivity index (χ4v) is 1.82. The molecule has 0 fully saturated rings. The van der Waals surface area contributed by atoms with E-state index in [1.165, 1.54) is 15.3 Å². The van der Waals surface area contributed by atoms with E-state index in [1.807, 2.05) is 12.1 Å². The maximum atomic E-state index is 7.09. The van der Waals surface area contributed by atoms with Crippen molar-refractivity contribution in [1.29, 1.82) is 5.41 Å². The number of hydrogen-bond donors (Lipinski definition) is 1. The van der Waals surface area contributed by atoms with Crippen LogP contribution in [-0.4, -0.2) is 6.21 Å². The molecular formula is C8H7BrIN. The smallest absolute Gasteiger partial charge is 0.0399 e. The second kappa shape index (κ2) is 3.67. The third-order valence-electron chi connectivity index (χ3n) is 1.46. The van der Waals surface area contributed by atoms with Gasteiger partial charge < -0.3 is 5.41 Å². The summed E-state index contributed by atoms with van der Waals surface area (Å²) in [6, 6.07) is 3.96. The maximum absolute atomic E-state index is 7.09. The Morgan fingerprint density at radius 1 is 1.55 bits per heavy atom. The summed E-state index contributed by atoms with van der Waals surface area (Å²) in [5.41, 5.74) is 2.17. The van der Waals surface area contributed by atoms with Crippen LogP contribution in [0.1, 0.15) is 11.1 Å². The van der Waals surface area contributed by atoms with Crippen molar-refractivity contribution in [3.05, 3.63) is 31.3 Å². The van der Waals surface area contributed by atoms with E-state index in [4.69, 9.17) is 5.41 Å². The molecule has 11 heavy (non-hydrogen) atoms. The highest BCUT2D eigenvalue weighted by Gasteiger charge is 2.03. The molecule has 0 unspecified atom stereocenters. The van der Waals surface area contributed by atoms with E-state index in [1.54, 1.807) is 0 Å². The molecule has 0 aliphatic heterocycles. The summed E-state index contributed by atoms with van der Waals surface area (Å²) < 4.78 is 2.21. The Labute approximate surface area is 88.0 Å². The van der Waals surface area contributed by atoms with E-state index in [0.29, 0.717) is 0 Å². The first-order chi connectivity index (χ1) is 5.16. The fraction of sp³-hybridized carbons (Fsp3) is 0.125. The van der Waals surface area contributed by atoms with Gasteiger partial charge in [-0.25, -0.2) is 0 Å². The molecule has 0 heterocycles. The van der Waals surface area contributed by atoms with Crippen LogP contribution >= 0.6 is 38.5 Å². The van der Waals surface area contributed by atoms with Crippen LogP contribution in [-0.2, 0) is 0 Å². The molecule has 0 aliphatic carbocycles. The van der Waals surface area contributed by atoms with Gasteiger partial charge in [-0.1, -0.05) is 12.1 Å². The number of benzene rings is 1. The van der Waals surface area contributed by atoms with E-state index in [-0.39, 0.29) is 0 Å². The standard InChI is InChI=1S/C8H7BrIN/c1-5-2-3-6(4-11)7(9)8(5)10/h2-4,11H,1H3. The molecule has 0 saturated carbocycles. The van der Waals surface area contributed by atoms with Gasteiger partial charge in [-0.3, -0.25) is 0 Å². The second-order valence-electron chi connectivity index (χ2n) is 2.24. The zero-order valence-electron chi connectivity index (χ0n) is 5.99. The first-order valence-electron chi connectivity index (χ1n) is 3.12. The summed E-state index contributed by atoms with van der Waals surface area (Å²) in [6.07, 6.45) is 1.35. The van der Waals surface area contributed by atoms with Gasteiger partial charge in [0.15, 0.2) is 0 Å². The number of nitrogens with one attached hydrogen (secondary N) is 1. The highest BCUT2D eigenvalue weighted by molar-refractivity contribution is 14.1. The zero-order valence-corrected chi connectivity index (χ0v) is 9.73. The minimum absolute atomic E-state index is 0.931. The Morgan fingerprint density at radius 2 is 2.18 bits per heavy atom. The topological polar surface area (TPSA) is 23.9 Å². The van der Waals surface area contributed by atoms with Crippen molar-refractivity contribution in [3.8, 4) is 0 Å². The number of halogens is 2. The van der Waals surface area contributed by atoms with Crippen molar-refractivity contribution >= 4 is 44.7 Å². The lowest BCUT2D eigenvalue weighted by molar-refractivity contribution is 1.39. The molecule has 0 saturated heterocycles. The van der Waals surface area contributed by atoms with Gasteiger partial charge in [0.05, 0.1) is 0 Å². The van der Waals surface area contributed by atoms with Crippen LogP contribution in [0, 0.1) is 15.9 Å². The van der Waals surface area contributed by atoms with Gasteiger partial charge in [0.25, 0.3) is 0 Å². The number of rotatable bonds is 1. The quantitative estimate of drug-likeness (QED) is 0.605. The second-order valence-corrected chi connectivity index (χ2v) is 4.12. The van der Waals surface area contributed by atoms with Crippen molar-refractivity contribution in [1.82, 2.24) is 0 Å². The number of hydrogen-bond acceptors (Lipinski definition) is 1. The van der Waals surface area contributed by atoms with Crippen molar-refractivity contribution in [2.24, 2.45) is 0 Å². The normalized spacial score (nSPS) is 9.73. The molecule has 1 N–H and O–H groups in total. The average Bonchev–Trinajstić information content (AvgIpc) is 2.01. The molecule has 1 rings (SSSR count). The fourth-order valence-electron chi connectivity index (χ4n) is 0.772. The van der Waals surface area contributed by atoms with Crippen LogP contribution in [0.25, 0.3) is 0 Å². The first-order valence-corrected chi connectivity index (χ1v) is 4.99. The lowest BCUT2D eigenvalue weighted by Gasteiger charge is -2.03. The molecule has 58 valence electrons. The van der Waals surface area contributed by atoms with Crippen LogP contribution in [0.5, 0.6) is 0 Å². The van der Waals surface area contributed by atoms with E-state index in [2.05, 4.69) is 45.4 Å². The minimum Gasteiger partial charge on any atom is -0.308 e. The molecule has 0 spiro atoms. The Hall–Kier alpha value is 0.1000. The third-order valence-corrected chi connectivity index (χ3v) is 4.45. The average molecular weight is 324 g/mol. The highest BCUT2D eigenvalue weighted by atomic mass is 127. The molecule has 1 aromatic carbocycles. The molecule has 3 heteroatoms.